The maximum Gasteiger partial charge on any atom is 0.253 e. The van der Waals surface area contributed by atoms with Crippen LogP contribution in [0, 0.1) is 13.8 Å². The minimum atomic E-state index is -3.78. The molecule has 0 aliphatic carbocycles. The molecule has 148 valence electrons. The number of fused-ring (bicyclic) bond motifs is 4. The summed E-state index contributed by atoms with van der Waals surface area (Å²) in [6.07, 6.45) is -0.745. The molecule has 0 amide bonds. The summed E-state index contributed by atoms with van der Waals surface area (Å²) in [5.74, 6) is -0.524. The smallest absolute Gasteiger partial charge is 0.253 e. The number of hydrogen-bond acceptors (Lipinski definition) is 4. The maximum atomic E-state index is 13.5. The van der Waals surface area contributed by atoms with Gasteiger partial charge >= 0.3 is 0 Å². The van der Waals surface area contributed by atoms with Gasteiger partial charge < -0.3 is 9.47 Å². The highest BCUT2D eigenvalue weighted by atomic mass is 32.2. The molecule has 5 nitrogen and oxygen atoms in total. The first-order valence-electron chi connectivity index (χ1n) is 9.50. The lowest BCUT2D eigenvalue weighted by Crippen LogP contribution is -2.39. The number of hydrogen-bond donors (Lipinski definition) is 0. The van der Waals surface area contributed by atoms with E-state index in [9.17, 15) is 8.42 Å². The van der Waals surface area contributed by atoms with E-state index < -0.39 is 22.0 Å². The molecular formula is C23H21NO4S. The van der Waals surface area contributed by atoms with Crippen LogP contribution >= 0.6 is 0 Å². The van der Waals surface area contributed by atoms with Crippen molar-refractivity contribution in [3.63, 3.8) is 0 Å². The van der Waals surface area contributed by atoms with E-state index in [0.717, 1.165) is 22.3 Å². The Morgan fingerprint density at radius 3 is 2.34 bits per heavy atom. The van der Waals surface area contributed by atoms with Crippen LogP contribution in [-0.2, 0) is 20.5 Å². The first-order chi connectivity index (χ1) is 13.9. The van der Waals surface area contributed by atoms with Gasteiger partial charge in [-0.25, -0.2) is 8.42 Å². The minimum absolute atomic E-state index is 0.0750. The number of rotatable bonds is 3. The van der Waals surface area contributed by atoms with Crippen LogP contribution in [0.1, 0.15) is 28.5 Å². The summed E-state index contributed by atoms with van der Waals surface area (Å²) in [7, 11) is -3.78. The summed E-state index contributed by atoms with van der Waals surface area (Å²) in [6.45, 7) is 3.97. The zero-order chi connectivity index (χ0) is 20.2. The fourth-order valence-electron chi connectivity index (χ4n) is 3.94. The molecule has 0 unspecified atom stereocenters. The van der Waals surface area contributed by atoms with Crippen molar-refractivity contribution in [2.75, 3.05) is 6.54 Å². The average molecular weight is 407 g/mol. The highest BCUT2D eigenvalue weighted by Crippen LogP contribution is 2.52. The molecule has 0 radical (unpaired) electrons. The number of nitrogens with zero attached hydrogens (tertiary/aromatic N) is 1. The van der Waals surface area contributed by atoms with E-state index in [2.05, 4.69) is 0 Å². The maximum absolute atomic E-state index is 13.5. The second-order valence-corrected chi connectivity index (χ2v) is 9.49. The van der Waals surface area contributed by atoms with Gasteiger partial charge in [0.15, 0.2) is 6.23 Å². The van der Waals surface area contributed by atoms with E-state index in [4.69, 9.17) is 9.47 Å². The Hall–Kier alpha value is -2.67. The SMILES string of the molecule is Cc1ccc(S(=O)(=O)N2C[C@]3(c4ccccc4)Oc4ccc(C)cc4[C@H]2O3)cc1. The standard InChI is InChI=1S/C23H21NO4S/c1-16-8-11-19(12-9-16)29(25,26)24-15-23(18-6-4-3-5-7-18)27-21-13-10-17(2)14-20(21)22(24)28-23/h3-14,22H,15H2,1-2H3/t22-,23+/m1/s1. The van der Waals surface area contributed by atoms with Crippen molar-refractivity contribution in [2.24, 2.45) is 0 Å². The van der Waals surface area contributed by atoms with Crippen molar-refractivity contribution in [1.29, 1.82) is 0 Å². The van der Waals surface area contributed by atoms with Crippen LogP contribution in [0.3, 0.4) is 0 Å². The lowest BCUT2D eigenvalue weighted by atomic mass is 10.0. The van der Waals surface area contributed by atoms with Crippen molar-refractivity contribution in [2.45, 2.75) is 30.8 Å². The largest absolute Gasteiger partial charge is 0.456 e. The van der Waals surface area contributed by atoms with Crippen molar-refractivity contribution in [3.8, 4) is 5.75 Å². The zero-order valence-electron chi connectivity index (χ0n) is 16.2. The van der Waals surface area contributed by atoms with Crippen molar-refractivity contribution < 1.29 is 17.9 Å². The van der Waals surface area contributed by atoms with E-state index in [1.54, 1.807) is 24.3 Å². The van der Waals surface area contributed by atoms with Gasteiger partial charge in [0, 0.05) is 11.1 Å². The van der Waals surface area contributed by atoms with Crippen molar-refractivity contribution >= 4 is 10.0 Å². The molecule has 2 aliphatic heterocycles. The molecule has 0 aromatic heterocycles. The van der Waals surface area contributed by atoms with Gasteiger partial charge in [0.05, 0.1) is 11.4 Å². The van der Waals surface area contributed by atoms with E-state index in [-0.39, 0.29) is 11.4 Å². The molecule has 1 fully saturated rings. The van der Waals surface area contributed by atoms with Gasteiger partial charge in [0.25, 0.3) is 5.79 Å². The third-order valence-electron chi connectivity index (χ3n) is 5.47. The summed E-state index contributed by atoms with van der Waals surface area (Å²) in [5, 5.41) is 0. The molecule has 1 saturated heterocycles. The summed E-state index contributed by atoms with van der Waals surface area (Å²) in [5.41, 5.74) is 3.54. The Balaban J connectivity index is 1.67. The van der Waals surface area contributed by atoms with Crippen LogP contribution in [-0.4, -0.2) is 19.3 Å². The summed E-state index contributed by atoms with van der Waals surface area (Å²) in [4.78, 5) is 0.247. The molecule has 0 spiro atoms. The Bertz CT molecular complexity index is 1180. The molecule has 0 N–H and O–H groups in total. The number of ether oxygens (including phenoxy) is 2. The molecule has 0 saturated carbocycles. The molecule has 5 rings (SSSR count). The van der Waals surface area contributed by atoms with Gasteiger partial charge in [0.1, 0.15) is 5.75 Å². The van der Waals surface area contributed by atoms with Crippen LogP contribution in [0.5, 0.6) is 5.75 Å². The van der Waals surface area contributed by atoms with Gasteiger partial charge in [-0.05, 0) is 38.1 Å². The van der Waals surface area contributed by atoms with E-state index in [1.165, 1.54) is 4.31 Å². The van der Waals surface area contributed by atoms with Crippen LogP contribution in [0.4, 0.5) is 0 Å². The van der Waals surface area contributed by atoms with Gasteiger partial charge in [-0.2, -0.15) is 4.31 Å². The van der Waals surface area contributed by atoms with E-state index in [0.29, 0.717) is 5.75 Å². The summed E-state index contributed by atoms with van der Waals surface area (Å²) in [6, 6.07) is 22.2. The molecule has 2 atom stereocenters. The monoisotopic (exact) mass is 407 g/mol. The predicted octanol–water partition coefficient (Wildman–Crippen LogP) is 4.27. The molecule has 29 heavy (non-hydrogen) atoms. The Labute approximate surface area is 170 Å². The van der Waals surface area contributed by atoms with Crippen LogP contribution in [0.25, 0.3) is 0 Å². The molecule has 2 bridgehead atoms. The zero-order valence-corrected chi connectivity index (χ0v) is 17.0. The first-order valence-corrected chi connectivity index (χ1v) is 10.9. The second-order valence-electron chi connectivity index (χ2n) is 7.60. The average Bonchev–Trinajstić information content (AvgIpc) is 3.06. The van der Waals surface area contributed by atoms with Crippen LogP contribution < -0.4 is 4.74 Å². The van der Waals surface area contributed by atoms with Gasteiger partial charge in [-0.1, -0.05) is 59.7 Å². The molecule has 6 heteroatoms. The second kappa shape index (κ2) is 6.42. The van der Waals surface area contributed by atoms with Crippen molar-refractivity contribution in [3.05, 3.63) is 95.1 Å². The third-order valence-corrected chi connectivity index (χ3v) is 7.28. The number of sulfonamides is 1. The number of aryl methyl sites for hydroxylation is 2. The lowest BCUT2D eigenvalue weighted by Gasteiger charge is -2.34. The molecule has 3 aromatic rings. The van der Waals surface area contributed by atoms with E-state index >= 15 is 0 Å². The van der Waals surface area contributed by atoms with Gasteiger partial charge in [-0.15, -0.1) is 0 Å². The first kappa shape index (κ1) is 18.4. The Morgan fingerprint density at radius 2 is 1.62 bits per heavy atom. The highest BCUT2D eigenvalue weighted by Gasteiger charge is 2.57. The van der Waals surface area contributed by atoms with Crippen LogP contribution in [0.2, 0.25) is 0 Å². The van der Waals surface area contributed by atoms with Gasteiger partial charge in [-0.3, -0.25) is 0 Å². The predicted molar refractivity (Wildman–Crippen MR) is 109 cm³/mol. The summed E-state index contributed by atoms with van der Waals surface area (Å²) >= 11 is 0. The molecule has 3 aromatic carbocycles. The fourth-order valence-corrected chi connectivity index (χ4v) is 5.44. The van der Waals surface area contributed by atoms with Crippen LogP contribution in [0.15, 0.2) is 77.7 Å². The Kier molecular flexibility index (Phi) is 4.07. The topological polar surface area (TPSA) is 55.8 Å². The molecule has 2 aliphatic rings. The minimum Gasteiger partial charge on any atom is -0.456 e. The highest BCUT2D eigenvalue weighted by molar-refractivity contribution is 7.89. The van der Waals surface area contributed by atoms with Gasteiger partial charge in [0.2, 0.25) is 10.0 Å². The third kappa shape index (κ3) is 2.87. The fraction of sp³-hybridized carbons (Fsp3) is 0.217. The summed E-state index contributed by atoms with van der Waals surface area (Å²) < 4.78 is 41.1. The normalized spacial score (nSPS) is 23.4. The lowest BCUT2D eigenvalue weighted by molar-refractivity contribution is -0.194. The Morgan fingerprint density at radius 1 is 0.931 bits per heavy atom. The van der Waals surface area contributed by atoms with E-state index in [1.807, 2.05) is 62.4 Å². The molecule has 2 heterocycles. The molecular weight excluding hydrogens is 386 g/mol. The van der Waals surface area contributed by atoms with Crippen molar-refractivity contribution in [1.82, 2.24) is 4.31 Å². The number of benzene rings is 3. The quantitative estimate of drug-likeness (QED) is 0.651.